The zero-order valence-electron chi connectivity index (χ0n) is 9.93. The minimum absolute atomic E-state index is 0.171. The number of hydrogen-bond acceptors (Lipinski definition) is 3. The van der Waals surface area contributed by atoms with Gasteiger partial charge in [0.1, 0.15) is 5.41 Å². The quantitative estimate of drug-likeness (QED) is 0.702. The van der Waals surface area contributed by atoms with Crippen LogP contribution in [0.4, 0.5) is 5.69 Å². The average Bonchev–Trinajstić information content (AvgIpc) is 2.88. The zero-order valence-corrected chi connectivity index (χ0v) is 10.8. The first-order chi connectivity index (χ1) is 8.21. The van der Waals surface area contributed by atoms with Gasteiger partial charge in [-0.25, -0.2) is 0 Å². The van der Waals surface area contributed by atoms with Crippen LogP contribution < -0.4 is 4.90 Å². The molecule has 0 N–H and O–H groups in total. The average molecular weight is 246 g/mol. The van der Waals surface area contributed by atoms with Crippen LogP contribution in [-0.4, -0.2) is 30.8 Å². The number of carbonyl (C=O) groups excluding carboxylic acids is 1. The lowest BCUT2D eigenvalue weighted by atomic mass is 9.81. The third kappa shape index (κ3) is 1.19. The second-order valence-corrected chi connectivity index (χ2v) is 5.22. The molecule has 88 valence electrons. The molecule has 0 fully saturated rings. The molecule has 0 aromatic heterocycles. The number of amides is 1. The van der Waals surface area contributed by atoms with E-state index in [9.17, 15) is 4.79 Å². The van der Waals surface area contributed by atoms with Crippen molar-refractivity contribution in [3.8, 4) is 0 Å². The summed E-state index contributed by atoms with van der Waals surface area (Å²) in [6, 6.07) is 8.06. The van der Waals surface area contributed by atoms with Gasteiger partial charge >= 0.3 is 0 Å². The van der Waals surface area contributed by atoms with Crippen LogP contribution in [0, 0.1) is 0 Å². The van der Waals surface area contributed by atoms with Gasteiger partial charge in [0.05, 0.1) is 5.04 Å². The Morgan fingerprint density at radius 3 is 2.94 bits per heavy atom. The monoisotopic (exact) mass is 246 g/mol. The summed E-state index contributed by atoms with van der Waals surface area (Å²) in [5.41, 5.74) is 1.67. The van der Waals surface area contributed by atoms with Crippen molar-refractivity contribution in [2.45, 2.75) is 11.8 Å². The number of thioether (sulfide) groups is 1. The highest BCUT2D eigenvalue weighted by Gasteiger charge is 2.54. The molecule has 3 nitrogen and oxygen atoms in total. The van der Waals surface area contributed by atoms with E-state index in [1.807, 2.05) is 31.5 Å². The highest BCUT2D eigenvalue weighted by molar-refractivity contribution is 8.13. The fourth-order valence-electron chi connectivity index (χ4n) is 2.89. The molecule has 1 aromatic rings. The van der Waals surface area contributed by atoms with Gasteiger partial charge in [-0.1, -0.05) is 18.2 Å². The van der Waals surface area contributed by atoms with Gasteiger partial charge in [-0.2, -0.15) is 0 Å². The molecule has 1 aromatic carbocycles. The Kier molecular flexibility index (Phi) is 2.30. The molecule has 3 rings (SSSR count). The Morgan fingerprint density at radius 2 is 2.18 bits per heavy atom. The first-order valence-corrected chi connectivity index (χ1v) is 6.91. The fraction of sp³-hybridized carbons (Fsp3) is 0.385. The maximum absolute atomic E-state index is 12.6. The first kappa shape index (κ1) is 10.8. The number of nitrogens with zero attached hydrogens (tertiary/aromatic N) is 2. The van der Waals surface area contributed by atoms with E-state index < -0.39 is 5.41 Å². The Bertz CT molecular complexity index is 526. The molecule has 4 heteroatoms. The molecule has 1 unspecified atom stereocenters. The van der Waals surface area contributed by atoms with Crippen molar-refractivity contribution in [3.05, 3.63) is 29.8 Å². The van der Waals surface area contributed by atoms with Crippen LogP contribution in [0.1, 0.15) is 12.0 Å². The molecule has 0 aliphatic carbocycles. The summed E-state index contributed by atoms with van der Waals surface area (Å²) in [7, 11) is 1.85. The smallest absolute Gasteiger partial charge is 0.244 e. The van der Waals surface area contributed by atoms with Crippen LogP contribution in [0.3, 0.4) is 0 Å². The number of anilines is 1. The van der Waals surface area contributed by atoms with E-state index in [2.05, 4.69) is 11.1 Å². The highest BCUT2D eigenvalue weighted by atomic mass is 32.2. The summed E-state index contributed by atoms with van der Waals surface area (Å²) >= 11 is 1.60. The number of likely N-dealkylation sites (N-methyl/N-ethyl adjacent to an activating group) is 1. The Labute approximate surface area is 105 Å². The second-order valence-electron chi connectivity index (χ2n) is 4.43. The van der Waals surface area contributed by atoms with E-state index in [0.717, 1.165) is 29.3 Å². The number of hydrogen-bond donors (Lipinski definition) is 0. The molecule has 1 atom stereocenters. The van der Waals surface area contributed by atoms with Crippen molar-refractivity contribution in [3.63, 3.8) is 0 Å². The lowest BCUT2D eigenvalue weighted by Gasteiger charge is -2.23. The van der Waals surface area contributed by atoms with Crippen molar-refractivity contribution in [1.29, 1.82) is 0 Å². The summed E-state index contributed by atoms with van der Waals surface area (Å²) in [6.07, 6.45) is 2.81. The molecular weight excluding hydrogens is 232 g/mol. The maximum Gasteiger partial charge on any atom is 0.244 e. The summed E-state index contributed by atoms with van der Waals surface area (Å²) in [6.45, 7) is 0.754. The van der Waals surface area contributed by atoms with Crippen LogP contribution in [0.25, 0.3) is 0 Å². The third-order valence-corrected chi connectivity index (χ3v) is 4.56. The number of fused-ring (bicyclic) bond motifs is 2. The largest absolute Gasteiger partial charge is 0.314 e. The molecule has 2 aliphatic rings. The molecule has 1 spiro atoms. The van der Waals surface area contributed by atoms with Crippen molar-refractivity contribution in [2.24, 2.45) is 4.99 Å². The topological polar surface area (TPSA) is 32.7 Å². The number of rotatable bonds is 0. The SMILES string of the molecule is CSC1=NCCC12C(=O)N(C)c1ccccc12. The lowest BCUT2D eigenvalue weighted by Crippen LogP contribution is -2.42. The number of carbonyl (C=O) groups is 1. The highest BCUT2D eigenvalue weighted by Crippen LogP contribution is 2.48. The van der Waals surface area contributed by atoms with Gasteiger partial charge in [-0.15, -0.1) is 11.8 Å². The Balaban J connectivity index is 2.25. The first-order valence-electron chi connectivity index (χ1n) is 5.68. The second kappa shape index (κ2) is 3.60. The summed E-state index contributed by atoms with van der Waals surface area (Å²) < 4.78 is 0. The number of benzene rings is 1. The predicted octanol–water partition coefficient (Wildman–Crippen LogP) is 2.07. The molecule has 2 heterocycles. The van der Waals surface area contributed by atoms with Gasteiger partial charge in [0.2, 0.25) is 5.91 Å². The van der Waals surface area contributed by atoms with E-state index in [4.69, 9.17) is 0 Å². The fourth-order valence-corrected chi connectivity index (χ4v) is 3.76. The predicted molar refractivity (Wildman–Crippen MR) is 72.0 cm³/mol. The van der Waals surface area contributed by atoms with E-state index in [-0.39, 0.29) is 5.91 Å². The van der Waals surface area contributed by atoms with Crippen molar-refractivity contribution < 1.29 is 4.79 Å². The van der Waals surface area contributed by atoms with Gasteiger partial charge in [-0.05, 0) is 24.3 Å². The van der Waals surface area contributed by atoms with Gasteiger partial charge in [0, 0.05) is 19.3 Å². The summed E-state index contributed by atoms with van der Waals surface area (Å²) in [5, 5.41) is 0.972. The molecule has 1 amide bonds. The molecule has 0 radical (unpaired) electrons. The van der Waals surface area contributed by atoms with Crippen molar-refractivity contribution in [1.82, 2.24) is 0 Å². The molecular formula is C13H14N2OS. The van der Waals surface area contributed by atoms with Crippen LogP contribution in [-0.2, 0) is 10.2 Å². The van der Waals surface area contributed by atoms with Gasteiger partial charge in [0.15, 0.2) is 0 Å². The van der Waals surface area contributed by atoms with Gasteiger partial charge in [0.25, 0.3) is 0 Å². The van der Waals surface area contributed by atoms with Gasteiger partial charge in [-0.3, -0.25) is 9.79 Å². The molecule has 0 saturated heterocycles. The number of para-hydroxylation sites is 1. The Hall–Kier alpha value is -1.29. The molecule has 2 aliphatic heterocycles. The van der Waals surface area contributed by atoms with Crippen LogP contribution in [0.15, 0.2) is 29.3 Å². The minimum atomic E-state index is -0.481. The molecule has 0 saturated carbocycles. The van der Waals surface area contributed by atoms with Crippen molar-refractivity contribution >= 4 is 28.4 Å². The van der Waals surface area contributed by atoms with Crippen LogP contribution in [0.2, 0.25) is 0 Å². The standard InChI is InChI=1S/C13H14N2OS/c1-15-10-6-4-3-5-9(10)13(12(15)16)7-8-14-11(13)17-2/h3-6H,7-8H2,1-2H3. The lowest BCUT2D eigenvalue weighted by molar-refractivity contribution is -0.120. The maximum atomic E-state index is 12.6. The number of aliphatic imine (C=N–C) groups is 1. The summed E-state index contributed by atoms with van der Waals surface area (Å²) in [5.74, 6) is 0.171. The van der Waals surface area contributed by atoms with Crippen molar-refractivity contribution in [2.75, 3.05) is 24.7 Å². The van der Waals surface area contributed by atoms with E-state index in [1.54, 1.807) is 16.7 Å². The third-order valence-electron chi connectivity index (χ3n) is 3.70. The van der Waals surface area contributed by atoms with Crippen LogP contribution >= 0.6 is 11.8 Å². The summed E-state index contributed by atoms with van der Waals surface area (Å²) in [4.78, 5) is 18.9. The zero-order chi connectivity index (χ0) is 12.0. The minimum Gasteiger partial charge on any atom is -0.314 e. The molecule has 0 bridgehead atoms. The van der Waals surface area contributed by atoms with E-state index in [1.165, 1.54) is 0 Å². The Morgan fingerprint density at radius 1 is 1.41 bits per heavy atom. The normalized spacial score (nSPS) is 26.6. The van der Waals surface area contributed by atoms with E-state index >= 15 is 0 Å². The van der Waals surface area contributed by atoms with Gasteiger partial charge < -0.3 is 4.90 Å². The van der Waals surface area contributed by atoms with E-state index in [0.29, 0.717) is 0 Å². The molecule has 17 heavy (non-hydrogen) atoms. The van der Waals surface area contributed by atoms with Crippen LogP contribution in [0.5, 0.6) is 0 Å².